The molecular weight excluding hydrogens is 456 g/mol. The minimum Gasteiger partial charge on any atom is -0.493 e. The van der Waals surface area contributed by atoms with E-state index < -0.39 is 5.97 Å². The Hall–Kier alpha value is -2.02. The molecule has 0 bridgehead atoms. The fourth-order valence-electron chi connectivity index (χ4n) is 4.53. The summed E-state index contributed by atoms with van der Waals surface area (Å²) in [7, 11) is 0. The van der Waals surface area contributed by atoms with Gasteiger partial charge in [0.15, 0.2) is 0 Å². The van der Waals surface area contributed by atoms with Crippen molar-refractivity contribution in [3.63, 3.8) is 0 Å². The van der Waals surface area contributed by atoms with Crippen molar-refractivity contribution >= 4 is 30.0 Å². The molecule has 0 amide bonds. The first-order valence-corrected chi connectivity index (χ1v) is 11.1. The van der Waals surface area contributed by atoms with Crippen LogP contribution in [-0.2, 0) is 16.6 Å². The van der Waals surface area contributed by atoms with Crippen LogP contribution in [0, 0.1) is 5.82 Å². The largest absolute Gasteiger partial charge is 0.493 e. The van der Waals surface area contributed by atoms with Gasteiger partial charge < -0.3 is 19.5 Å². The van der Waals surface area contributed by atoms with Crippen molar-refractivity contribution < 1.29 is 23.8 Å². The number of aliphatic carboxylic acids is 1. The molecule has 1 spiro atoms. The van der Waals surface area contributed by atoms with Gasteiger partial charge in [0.05, 0.1) is 19.6 Å². The van der Waals surface area contributed by atoms with E-state index in [1.807, 2.05) is 12.1 Å². The number of nitrogens with zero attached hydrogens (tertiary/aromatic N) is 1. The van der Waals surface area contributed by atoms with Crippen LogP contribution in [0.5, 0.6) is 11.5 Å². The standard InChI is InChI=1S/C24H27ClFNO4.ClH/c25-20-4-1-5-21(26)18(20)3-2-14-30-17-6-7-19-22(15-17)31-16-24(19)9-12-27(13-10-24)11-8-23(28)29;/h1,4-7,15H,2-3,8-14,16H2,(H,28,29);1H. The van der Waals surface area contributed by atoms with Crippen LogP contribution < -0.4 is 9.47 Å². The highest BCUT2D eigenvalue weighted by Crippen LogP contribution is 2.46. The van der Waals surface area contributed by atoms with Gasteiger partial charge in [0, 0.05) is 34.2 Å². The summed E-state index contributed by atoms with van der Waals surface area (Å²) in [6, 6.07) is 10.7. The second-order valence-electron chi connectivity index (χ2n) is 8.36. The average Bonchev–Trinajstić information content (AvgIpc) is 3.10. The summed E-state index contributed by atoms with van der Waals surface area (Å²) in [5.41, 5.74) is 1.76. The topological polar surface area (TPSA) is 59.0 Å². The van der Waals surface area contributed by atoms with E-state index in [0.717, 1.165) is 37.4 Å². The molecule has 0 aromatic heterocycles. The molecule has 1 N–H and O–H groups in total. The summed E-state index contributed by atoms with van der Waals surface area (Å²) in [5, 5.41) is 9.33. The van der Waals surface area contributed by atoms with E-state index in [9.17, 15) is 9.18 Å². The van der Waals surface area contributed by atoms with E-state index in [0.29, 0.717) is 43.2 Å². The number of benzene rings is 2. The van der Waals surface area contributed by atoms with E-state index in [4.69, 9.17) is 26.2 Å². The Bertz CT molecular complexity index is 927. The number of carboxylic acid groups (broad SMARTS) is 1. The van der Waals surface area contributed by atoms with Crippen molar-refractivity contribution in [1.29, 1.82) is 0 Å². The predicted molar refractivity (Wildman–Crippen MR) is 124 cm³/mol. The molecule has 5 nitrogen and oxygen atoms in total. The van der Waals surface area contributed by atoms with Gasteiger partial charge in [-0.1, -0.05) is 23.7 Å². The molecule has 0 saturated carbocycles. The quantitative estimate of drug-likeness (QED) is 0.528. The molecule has 2 aliphatic rings. The lowest BCUT2D eigenvalue weighted by atomic mass is 9.74. The molecule has 4 rings (SSSR count). The third-order valence-electron chi connectivity index (χ3n) is 6.38. The lowest BCUT2D eigenvalue weighted by molar-refractivity contribution is -0.137. The molecule has 2 aromatic rings. The normalized spacial score (nSPS) is 16.8. The van der Waals surface area contributed by atoms with Crippen LogP contribution in [0.15, 0.2) is 36.4 Å². The first kappa shape index (κ1) is 24.6. The van der Waals surface area contributed by atoms with Crippen LogP contribution in [0.4, 0.5) is 4.39 Å². The SMILES string of the molecule is Cl.O=C(O)CCN1CCC2(CC1)COc1cc(OCCCc3c(F)cccc3Cl)ccc12. The van der Waals surface area contributed by atoms with E-state index in [-0.39, 0.29) is 30.1 Å². The maximum Gasteiger partial charge on any atom is 0.304 e. The third-order valence-corrected chi connectivity index (χ3v) is 6.74. The van der Waals surface area contributed by atoms with Gasteiger partial charge in [-0.3, -0.25) is 4.79 Å². The van der Waals surface area contributed by atoms with Crippen molar-refractivity contribution in [3.8, 4) is 11.5 Å². The van der Waals surface area contributed by atoms with Crippen molar-refractivity contribution in [3.05, 3.63) is 58.4 Å². The van der Waals surface area contributed by atoms with Crippen LogP contribution in [0.25, 0.3) is 0 Å². The van der Waals surface area contributed by atoms with Crippen LogP contribution >= 0.6 is 24.0 Å². The first-order valence-electron chi connectivity index (χ1n) is 10.7. The fourth-order valence-corrected chi connectivity index (χ4v) is 4.78. The molecule has 2 aromatic carbocycles. The van der Waals surface area contributed by atoms with Crippen molar-refractivity contribution in [1.82, 2.24) is 4.90 Å². The summed E-state index contributed by atoms with van der Waals surface area (Å²) < 4.78 is 25.7. The molecule has 32 heavy (non-hydrogen) atoms. The molecule has 1 saturated heterocycles. The highest BCUT2D eigenvalue weighted by atomic mass is 35.5. The van der Waals surface area contributed by atoms with Gasteiger partial charge in [-0.05, 0) is 57.0 Å². The summed E-state index contributed by atoms with van der Waals surface area (Å²) >= 11 is 6.07. The van der Waals surface area contributed by atoms with Gasteiger partial charge in [0.2, 0.25) is 0 Å². The molecule has 8 heteroatoms. The van der Waals surface area contributed by atoms with E-state index >= 15 is 0 Å². The Morgan fingerprint density at radius 2 is 2.03 bits per heavy atom. The Kier molecular flexibility index (Phi) is 8.26. The number of hydrogen-bond donors (Lipinski definition) is 1. The van der Waals surface area contributed by atoms with E-state index in [2.05, 4.69) is 11.0 Å². The highest BCUT2D eigenvalue weighted by molar-refractivity contribution is 6.31. The second kappa shape index (κ2) is 10.7. The minimum absolute atomic E-state index is 0. The Balaban J connectivity index is 0.00000289. The Labute approximate surface area is 198 Å². The number of ether oxygens (including phenoxy) is 2. The minimum atomic E-state index is -0.751. The summed E-state index contributed by atoms with van der Waals surface area (Å²) in [5.74, 6) is 0.583. The van der Waals surface area contributed by atoms with Gasteiger partial charge >= 0.3 is 5.97 Å². The molecule has 1 fully saturated rings. The van der Waals surface area contributed by atoms with Crippen LogP contribution in [0.1, 0.15) is 36.8 Å². The average molecular weight is 484 g/mol. The number of carboxylic acids is 1. The smallest absolute Gasteiger partial charge is 0.304 e. The zero-order valence-corrected chi connectivity index (χ0v) is 19.4. The number of hydrogen-bond acceptors (Lipinski definition) is 4. The molecular formula is C24H28Cl2FNO4. The summed E-state index contributed by atoms with van der Waals surface area (Å²) in [4.78, 5) is 13.0. The van der Waals surface area contributed by atoms with Gasteiger partial charge in [-0.2, -0.15) is 0 Å². The molecule has 0 radical (unpaired) electrons. The summed E-state index contributed by atoms with van der Waals surface area (Å²) in [6.07, 6.45) is 3.29. The Morgan fingerprint density at radius 3 is 2.75 bits per heavy atom. The van der Waals surface area contributed by atoms with Crippen molar-refractivity contribution in [2.45, 2.75) is 37.5 Å². The van der Waals surface area contributed by atoms with Gasteiger partial charge in [0.25, 0.3) is 0 Å². The molecule has 174 valence electrons. The van der Waals surface area contributed by atoms with Crippen LogP contribution in [0.3, 0.4) is 0 Å². The molecule has 0 atom stereocenters. The third kappa shape index (κ3) is 5.48. The van der Waals surface area contributed by atoms with Gasteiger partial charge in [0.1, 0.15) is 17.3 Å². The number of carbonyl (C=O) groups is 1. The zero-order chi connectivity index (χ0) is 21.8. The first-order chi connectivity index (χ1) is 15.0. The van der Waals surface area contributed by atoms with Gasteiger partial charge in [-0.15, -0.1) is 12.4 Å². The number of rotatable bonds is 8. The fraction of sp³-hybridized carbons (Fsp3) is 0.458. The zero-order valence-electron chi connectivity index (χ0n) is 17.8. The maximum atomic E-state index is 13.9. The monoisotopic (exact) mass is 483 g/mol. The maximum absolute atomic E-state index is 13.9. The predicted octanol–water partition coefficient (Wildman–Crippen LogP) is 5.11. The number of piperidine rings is 1. The lowest BCUT2D eigenvalue weighted by Crippen LogP contribution is -2.44. The summed E-state index contributed by atoms with van der Waals surface area (Å²) in [6.45, 7) is 3.49. The number of halogens is 3. The van der Waals surface area contributed by atoms with Crippen LogP contribution in [0.2, 0.25) is 5.02 Å². The number of likely N-dealkylation sites (tertiary alicyclic amines) is 1. The molecule has 0 aliphatic carbocycles. The number of fused-ring (bicyclic) bond motifs is 2. The van der Waals surface area contributed by atoms with Gasteiger partial charge in [-0.25, -0.2) is 4.39 Å². The molecule has 2 heterocycles. The van der Waals surface area contributed by atoms with Crippen molar-refractivity contribution in [2.75, 3.05) is 32.8 Å². The van der Waals surface area contributed by atoms with Crippen molar-refractivity contribution in [2.24, 2.45) is 0 Å². The highest BCUT2D eigenvalue weighted by Gasteiger charge is 2.43. The second-order valence-corrected chi connectivity index (χ2v) is 8.77. The lowest BCUT2D eigenvalue weighted by Gasteiger charge is -2.38. The van der Waals surface area contributed by atoms with E-state index in [1.165, 1.54) is 11.6 Å². The molecule has 0 unspecified atom stereocenters. The molecule has 2 aliphatic heterocycles. The Morgan fingerprint density at radius 1 is 1.25 bits per heavy atom. The van der Waals surface area contributed by atoms with Crippen LogP contribution in [-0.4, -0.2) is 48.8 Å². The van der Waals surface area contributed by atoms with E-state index in [1.54, 1.807) is 12.1 Å².